The first-order valence-corrected chi connectivity index (χ1v) is 9.94. The molecule has 2 heterocycles. The van der Waals surface area contributed by atoms with Crippen LogP contribution in [0.1, 0.15) is 77.0 Å². The van der Waals surface area contributed by atoms with Crippen LogP contribution in [0.15, 0.2) is 18.2 Å². The Bertz CT molecular complexity index is 798. The Morgan fingerprint density at radius 1 is 1.07 bits per heavy atom. The molecule has 3 rings (SSSR count). The number of ether oxygens (including phenoxy) is 1. The van der Waals surface area contributed by atoms with Gasteiger partial charge in [-0.05, 0) is 50.8 Å². The molecule has 1 aromatic carbocycles. The number of hydrogen-bond acceptors (Lipinski definition) is 5. The number of fused-ring (bicyclic) bond motifs is 1. The summed E-state index contributed by atoms with van der Waals surface area (Å²) in [6.45, 7) is 5.28. The first-order valence-electron chi connectivity index (χ1n) is 9.94. The van der Waals surface area contributed by atoms with Crippen molar-refractivity contribution in [1.29, 1.82) is 0 Å². The lowest BCUT2D eigenvalue weighted by molar-refractivity contribution is -0.140. The number of nitrogens with zero attached hydrogens (tertiary/aromatic N) is 2. The van der Waals surface area contributed by atoms with Gasteiger partial charge in [-0.25, -0.2) is 4.79 Å². The molecule has 0 aliphatic carbocycles. The summed E-state index contributed by atoms with van der Waals surface area (Å²) in [6.07, 6.45) is 3.74. The number of imide groups is 1. The van der Waals surface area contributed by atoms with Crippen molar-refractivity contribution in [2.24, 2.45) is 0 Å². The molecule has 28 heavy (non-hydrogen) atoms. The first-order chi connectivity index (χ1) is 13.4. The van der Waals surface area contributed by atoms with E-state index in [9.17, 15) is 19.2 Å². The highest BCUT2D eigenvalue weighted by molar-refractivity contribution is 6.22. The summed E-state index contributed by atoms with van der Waals surface area (Å²) in [6, 6.07) is 4.34. The minimum Gasteiger partial charge on any atom is -0.449 e. The minimum atomic E-state index is -0.891. The lowest BCUT2D eigenvalue weighted by Crippen LogP contribution is -2.42. The van der Waals surface area contributed by atoms with Gasteiger partial charge in [-0.2, -0.15) is 0 Å². The molecule has 1 aromatic rings. The molecule has 1 atom stereocenters. The number of piperidine rings is 1. The monoisotopic (exact) mass is 386 g/mol. The fourth-order valence-corrected chi connectivity index (χ4v) is 3.59. The van der Waals surface area contributed by atoms with E-state index in [1.807, 2.05) is 6.92 Å². The van der Waals surface area contributed by atoms with E-state index in [2.05, 4.69) is 0 Å². The van der Waals surface area contributed by atoms with Gasteiger partial charge in [0.1, 0.15) is 0 Å². The molecule has 2 aliphatic heterocycles. The Labute approximate surface area is 164 Å². The van der Waals surface area contributed by atoms with Gasteiger partial charge in [-0.1, -0.05) is 13.3 Å². The maximum Gasteiger partial charge on any atom is 0.338 e. The molecule has 0 radical (unpaired) electrons. The third-order valence-corrected chi connectivity index (χ3v) is 5.24. The predicted octanol–water partition coefficient (Wildman–Crippen LogP) is 2.64. The molecule has 0 aromatic heterocycles. The highest BCUT2D eigenvalue weighted by Gasteiger charge is 2.36. The van der Waals surface area contributed by atoms with Crippen molar-refractivity contribution in [2.75, 3.05) is 19.6 Å². The van der Waals surface area contributed by atoms with E-state index in [0.29, 0.717) is 25.2 Å². The van der Waals surface area contributed by atoms with Crippen LogP contribution in [0, 0.1) is 0 Å². The van der Waals surface area contributed by atoms with Crippen molar-refractivity contribution >= 4 is 23.7 Å². The standard InChI is InChI=1S/C21H26N2O5/c1-3-4-12-23-19(25)16-9-8-15(13-17(16)20(23)26)21(27)28-14(2)18(24)22-10-6-5-7-11-22/h8-9,13-14H,3-7,10-12H2,1-2H3/t14-/m1/s1. The van der Waals surface area contributed by atoms with Crippen LogP contribution in [0.4, 0.5) is 0 Å². The second-order valence-electron chi connectivity index (χ2n) is 7.31. The zero-order valence-corrected chi connectivity index (χ0v) is 16.4. The van der Waals surface area contributed by atoms with E-state index in [-0.39, 0.29) is 28.8 Å². The molecule has 7 nitrogen and oxygen atoms in total. The Morgan fingerprint density at radius 3 is 2.43 bits per heavy atom. The highest BCUT2D eigenvalue weighted by Crippen LogP contribution is 2.25. The fourth-order valence-electron chi connectivity index (χ4n) is 3.59. The van der Waals surface area contributed by atoms with Crippen LogP contribution in [0.2, 0.25) is 0 Å². The third-order valence-electron chi connectivity index (χ3n) is 5.24. The van der Waals surface area contributed by atoms with Crippen LogP contribution in [0.3, 0.4) is 0 Å². The number of benzene rings is 1. The van der Waals surface area contributed by atoms with Crippen molar-refractivity contribution < 1.29 is 23.9 Å². The van der Waals surface area contributed by atoms with Crippen LogP contribution in [0.25, 0.3) is 0 Å². The molecule has 150 valence electrons. The SMILES string of the molecule is CCCCN1C(=O)c2ccc(C(=O)O[C@H](C)C(=O)N3CCCCC3)cc2C1=O. The molecular weight excluding hydrogens is 360 g/mol. The summed E-state index contributed by atoms with van der Waals surface area (Å²) in [5, 5.41) is 0. The summed E-state index contributed by atoms with van der Waals surface area (Å²) in [5.74, 6) is -1.60. The second kappa shape index (κ2) is 8.54. The van der Waals surface area contributed by atoms with Crippen LogP contribution in [-0.2, 0) is 9.53 Å². The molecule has 1 fully saturated rings. The molecule has 0 saturated carbocycles. The number of unbranched alkanes of at least 4 members (excludes halogenated alkanes) is 1. The van der Waals surface area contributed by atoms with E-state index < -0.39 is 12.1 Å². The van der Waals surface area contributed by atoms with E-state index in [1.54, 1.807) is 11.8 Å². The Hall–Kier alpha value is -2.70. The maximum atomic E-state index is 12.5. The molecule has 0 bridgehead atoms. The van der Waals surface area contributed by atoms with Gasteiger partial charge in [0.25, 0.3) is 17.7 Å². The number of carbonyl (C=O) groups is 4. The van der Waals surface area contributed by atoms with Crippen molar-refractivity contribution in [3.63, 3.8) is 0 Å². The lowest BCUT2D eigenvalue weighted by atomic mass is 10.1. The Kier molecular flexibility index (Phi) is 6.11. The fraction of sp³-hybridized carbons (Fsp3) is 0.524. The van der Waals surface area contributed by atoms with Gasteiger partial charge in [-0.15, -0.1) is 0 Å². The lowest BCUT2D eigenvalue weighted by Gasteiger charge is -2.28. The van der Waals surface area contributed by atoms with Gasteiger partial charge in [0.05, 0.1) is 16.7 Å². The largest absolute Gasteiger partial charge is 0.449 e. The summed E-state index contributed by atoms with van der Waals surface area (Å²) in [4.78, 5) is 52.7. The van der Waals surface area contributed by atoms with Crippen molar-refractivity contribution in [3.05, 3.63) is 34.9 Å². The topological polar surface area (TPSA) is 84.0 Å². The van der Waals surface area contributed by atoms with Crippen LogP contribution >= 0.6 is 0 Å². The summed E-state index contributed by atoms with van der Waals surface area (Å²) >= 11 is 0. The average molecular weight is 386 g/mol. The van der Waals surface area contributed by atoms with E-state index >= 15 is 0 Å². The van der Waals surface area contributed by atoms with Crippen LogP contribution < -0.4 is 0 Å². The number of rotatable bonds is 6. The van der Waals surface area contributed by atoms with E-state index in [0.717, 1.165) is 32.1 Å². The van der Waals surface area contributed by atoms with Crippen molar-refractivity contribution in [3.8, 4) is 0 Å². The summed E-state index contributed by atoms with van der Waals surface area (Å²) in [5.41, 5.74) is 0.677. The van der Waals surface area contributed by atoms with Gasteiger partial charge < -0.3 is 9.64 Å². The number of carbonyl (C=O) groups excluding carboxylic acids is 4. The molecule has 2 aliphatic rings. The number of likely N-dealkylation sites (tertiary alicyclic amines) is 1. The first kappa shape index (κ1) is 20.0. The number of esters is 1. The van der Waals surface area contributed by atoms with Crippen LogP contribution in [-0.4, -0.2) is 59.2 Å². The molecule has 7 heteroatoms. The van der Waals surface area contributed by atoms with Gasteiger partial charge in [0, 0.05) is 19.6 Å². The zero-order valence-electron chi connectivity index (χ0n) is 16.4. The molecule has 3 amide bonds. The van der Waals surface area contributed by atoms with Gasteiger partial charge in [0.15, 0.2) is 6.10 Å². The normalized spacial score (nSPS) is 17.5. The number of hydrogen-bond donors (Lipinski definition) is 0. The Balaban J connectivity index is 1.69. The average Bonchev–Trinajstić information content (AvgIpc) is 2.96. The quantitative estimate of drug-likeness (QED) is 0.554. The van der Waals surface area contributed by atoms with Gasteiger partial charge in [-0.3, -0.25) is 19.3 Å². The molecule has 1 saturated heterocycles. The molecule has 0 spiro atoms. The van der Waals surface area contributed by atoms with E-state index in [4.69, 9.17) is 4.74 Å². The van der Waals surface area contributed by atoms with Crippen molar-refractivity contribution in [2.45, 2.75) is 52.1 Å². The van der Waals surface area contributed by atoms with Gasteiger partial charge >= 0.3 is 5.97 Å². The van der Waals surface area contributed by atoms with Crippen LogP contribution in [0.5, 0.6) is 0 Å². The number of amides is 3. The van der Waals surface area contributed by atoms with Gasteiger partial charge in [0.2, 0.25) is 0 Å². The summed E-state index contributed by atoms with van der Waals surface area (Å²) < 4.78 is 5.33. The molecule has 0 unspecified atom stereocenters. The molecular formula is C21H26N2O5. The molecule has 0 N–H and O–H groups in total. The highest BCUT2D eigenvalue weighted by atomic mass is 16.5. The summed E-state index contributed by atoms with van der Waals surface area (Å²) in [7, 11) is 0. The Morgan fingerprint density at radius 2 is 1.75 bits per heavy atom. The zero-order chi connectivity index (χ0) is 20.3. The van der Waals surface area contributed by atoms with Crippen molar-refractivity contribution in [1.82, 2.24) is 9.80 Å². The minimum absolute atomic E-state index is 0.163. The maximum absolute atomic E-state index is 12.5. The third kappa shape index (κ3) is 3.93. The predicted molar refractivity (Wildman–Crippen MR) is 102 cm³/mol. The van der Waals surface area contributed by atoms with E-state index in [1.165, 1.54) is 23.1 Å². The smallest absolute Gasteiger partial charge is 0.338 e. The second-order valence-corrected chi connectivity index (χ2v) is 7.31.